The van der Waals surface area contributed by atoms with E-state index >= 15 is 0 Å². The van der Waals surface area contributed by atoms with E-state index in [-0.39, 0.29) is 11.6 Å². The first kappa shape index (κ1) is 9.99. The fraction of sp³-hybridized carbons (Fsp3) is 0.455. The number of nitrogens with two attached hydrogens (primary N) is 1. The lowest BCUT2D eigenvalue weighted by Gasteiger charge is -2.36. The van der Waals surface area contributed by atoms with Crippen LogP contribution in [0.3, 0.4) is 0 Å². The van der Waals surface area contributed by atoms with E-state index < -0.39 is 0 Å². The summed E-state index contributed by atoms with van der Waals surface area (Å²) in [5.74, 6) is 0.906. The molecule has 2 nitrogen and oxygen atoms in total. The van der Waals surface area contributed by atoms with Crippen LogP contribution in [0.25, 0.3) is 0 Å². The molecule has 2 N–H and O–H groups in total. The molecule has 1 aromatic carbocycles. The Morgan fingerprint density at radius 1 is 1.50 bits per heavy atom. The van der Waals surface area contributed by atoms with E-state index in [0.29, 0.717) is 0 Å². The van der Waals surface area contributed by atoms with Gasteiger partial charge in [-0.3, -0.25) is 0 Å². The first-order chi connectivity index (χ1) is 6.48. The molecule has 1 aromatic rings. The minimum absolute atomic E-state index is 0.0850. The standard InChI is InChI=1S/C11H14BrNO/c1-11(2)6-9(13)8-4-3-7(12)5-10(8)14-11/h3-5,9H,6,13H2,1-2H3. The fourth-order valence-corrected chi connectivity index (χ4v) is 2.22. The summed E-state index contributed by atoms with van der Waals surface area (Å²) in [7, 11) is 0. The normalized spacial score (nSPS) is 23.9. The van der Waals surface area contributed by atoms with Gasteiger partial charge in [0.25, 0.3) is 0 Å². The number of rotatable bonds is 0. The van der Waals surface area contributed by atoms with Crippen LogP contribution in [0, 0.1) is 0 Å². The Labute approximate surface area is 92.6 Å². The molecule has 0 aromatic heterocycles. The average Bonchev–Trinajstić information content (AvgIpc) is 2.00. The van der Waals surface area contributed by atoms with Gasteiger partial charge in [-0.05, 0) is 26.0 Å². The highest BCUT2D eigenvalue weighted by atomic mass is 79.9. The van der Waals surface area contributed by atoms with E-state index in [9.17, 15) is 0 Å². The van der Waals surface area contributed by atoms with Crippen LogP contribution in [-0.4, -0.2) is 5.60 Å². The van der Waals surface area contributed by atoms with Crippen LogP contribution in [0.2, 0.25) is 0 Å². The predicted molar refractivity (Wildman–Crippen MR) is 60.4 cm³/mol. The lowest BCUT2D eigenvalue weighted by atomic mass is 9.90. The SMILES string of the molecule is CC1(C)CC(N)c2ccc(Br)cc2O1. The average molecular weight is 256 g/mol. The lowest BCUT2D eigenvalue weighted by molar-refractivity contribution is 0.0728. The van der Waals surface area contributed by atoms with Crippen LogP contribution < -0.4 is 10.5 Å². The van der Waals surface area contributed by atoms with Gasteiger partial charge in [-0.25, -0.2) is 0 Å². The van der Waals surface area contributed by atoms with E-state index in [0.717, 1.165) is 22.2 Å². The Bertz CT molecular complexity index is 362. The second-order valence-electron chi connectivity index (χ2n) is 4.35. The first-order valence-corrected chi connectivity index (χ1v) is 5.51. The van der Waals surface area contributed by atoms with Crippen molar-refractivity contribution < 1.29 is 4.74 Å². The smallest absolute Gasteiger partial charge is 0.126 e. The summed E-state index contributed by atoms with van der Waals surface area (Å²) in [5, 5.41) is 0. The summed E-state index contributed by atoms with van der Waals surface area (Å²) in [6.45, 7) is 4.13. The second kappa shape index (κ2) is 3.24. The molecule has 1 heterocycles. The van der Waals surface area contributed by atoms with Gasteiger partial charge >= 0.3 is 0 Å². The summed E-state index contributed by atoms with van der Waals surface area (Å²) in [4.78, 5) is 0. The van der Waals surface area contributed by atoms with E-state index in [1.165, 1.54) is 0 Å². The third kappa shape index (κ3) is 1.79. The van der Waals surface area contributed by atoms with Gasteiger partial charge in [-0.1, -0.05) is 22.0 Å². The maximum absolute atomic E-state index is 6.08. The highest BCUT2D eigenvalue weighted by molar-refractivity contribution is 9.10. The Balaban J connectivity index is 2.46. The zero-order valence-electron chi connectivity index (χ0n) is 8.38. The molecule has 1 atom stereocenters. The minimum Gasteiger partial charge on any atom is -0.487 e. The Morgan fingerprint density at radius 3 is 2.93 bits per heavy atom. The minimum atomic E-state index is -0.160. The van der Waals surface area contributed by atoms with Crippen molar-refractivity contribution in [2.24, 2.45) is 5.73 Å². The van der Waals surface area contributed by atoms with E-state index in [1.54, 1.807) is 0 Å². The molecule has 0 saturated carbocycles. The third-order valence-electron chi connectivity index (χ3n) is 2.47. The first-order valence-electron chi connectivity index (χ1n) is 4.72. The molecule has 0 saturated heterocycles. The quantitative estimate of drug-likeness (QED) is 0.774. The maximum atomic E-state index is 6.08. The van der Waals surface area contributed by atoms with Gasteiger partial charge in [0.2, 0.25) is 0 Å². The van der Waals surface area contributed by atoms with Crippen molar-refractivity contribution in [2.45, 2.75) is 31.9 Å². The molecular formula is C11H14BrNO. The summed E-state index contributed by atoms with van der Waals surface area (Å²) in [6, 6.07) is 6.09. The van der Waals surface area contributed by atoms with Gasteiger partial charge in [0, 0.05) is 22.5 Å². The molecule has 0 radical (unpaired) electrons. The summed E-state index contributed by atoms with van der Waals surface area (Å²) in [5.41, 5.74) is 7.02. The van der Waals surface area contributed by atoms with E-state index in [1.807, 2.05) is 18.2 Å². The Morgan fingerprint density at radius 2 is 2.21 bits per heavy atom. The molecule has 0 spiro atoms. The number of halogens is 1. The van der Waals surface area contributed by atoms with E-state index in [4.69, 9.17) is 10.5 Å². The summed E-state index contributed by atoms with van der Waals surface area (Å²) >= 11 is 3.43. The van der Waals surface area contributed by atoms with Gasteiger partial charge in [0.1, 0.15) is 11.4 Å². The predicted octanol–water partition coefficient (Wildman–Crippen LogP) is 3.01. The molecule has 2 rings (SSSR count). The Hall–Kier alpha value is -0.540. The highest BCUT2D eigenvalue weighted by Crippen LogP contribution is 2.39. The maximum Gasteiger partial charge on any atom is 0.126 e. The van der Waals surface area contributed by atoms with Crippen molar-refractivity contribution >= 4 is 15.9 Å². The number of fused-ring (bicyclic) bond motifs is 1. The van der Waals surface area contributed by atoms with Crippen molar-refractivity contribution in [3.8, 4) is 5.75 Å². The fourth-order valence-electron chi connectivity index (χ4n) is 1.88. The molecule has 0 amide bonds. The van der Waals surface area contributed by atoms with Crippen LogP contribution in [0.1, 0.15) is 31.9 Å². The van der Waals surface area contributed by atoms with Gasteiger partial charge in [-0.2, -0.15) is 0 Å². The van der Waals surface area contributed by atoms with Crippen LogP contribution >= 0.6 is 15.9 Å². The number of hydrogen-bond acceptors (Lipinski definition) is 2. The van der Waals surface area contributed by atoms with Crippen molar-refractivity contribution in [3.05, 3.63) is 28.2 Å². The molecule has 1 unspecified atom stereocenters. The summed E-state index contributed by atoms with van der Waals surface area (Å²) < 4.78 is 6.89. The Kier molecular flexibility index (Phi) is 2.32. The van der Waals surface area contributed by atoms with Crippen LogP contribution in [-0.2, 0) is 0 Å². The molecule has 14 heavy (non-hydrogen) atoms. The van der Waals surface area contributed by atoms with Crippen LogP contribution in [0.4, 0.5) is 0 Å². The molecule has 0 fully saturated rings. The number of hydrogen-bond donors (Lipinski definition) is 1. The van der Waals surface area contributed by atoms with Crippen molar-refractivity contribution in [2.75, 3.05) is 0 Å². The van der Waals surface area contributed by atoms with Crippen LogP contribution in [0.15, 0.2) is 22.7 Å². The van der Waals surface area contributed by atoms with Crippen molar-refractivity contribution in [3.63, 3.8) is 0 Å². The molecule has 1 aliphatic heterocycles. The van der Waals surface area contributed by atoms with Gasteiger partial charge in [0.05, 0.1) is 0 Å². The lowest BCUT2D eigenvalue weighted by Crippen LogP contribution is -2.37. The van der Waals surface area contributed by atoms with Crippen molar-refractivity contribution in [1.29, 1.82) is 0 Å². The van der Waals surface area contributed by atoms with Gasteiger partial charge < -0.3 is 10.5 Å². The number of benzene rings is 1. The van der Waals surface area contributed by atoms with E-state index in [2.05, 4.69) is 29.8 Å². The molecule has 76 valence electrons. The molecule has 0 bridgehead atoms. The molecule has 1 aliphatic rings. The second-order valence-corrected chi connectivity index (χ2v) is 5.27. The van der Waals surface area contributed by atoms with Gasteiger partial charge in [-0.15, -0.1) is 0 Å². The van der Waals surface area contributed by atoms with Crippen LogP contribution in [0.5, 0.6) is 5.75 Å². The number of ether oxygens (including phenoxy) is 1. The summed E-state index contributed by atoms with van der Waals surface area (Å²) in [6.07, 6.45) is 0.863. The zero-order chi connectivity index (χ0) is 10.3. The molecule has 3 heteroatoms. The zero-order valence-corrected chi connectivity index (χ0v) is 9.97. The molecular weight excluding hydrogens is 242 g/mol. The monoisotopic (exact) mass is 255 g/mol. The third-order valence-corrected chi connectivity index (χ3v) is 2.97. The topological polar surface area (TPSA) is 35.2 Å². The highest BCUT2D eigenvalue weighted by Gasteiger charge is 2.31. The van der Waals surface area contributed by atoms with Gasteiger partial charge in [0.15, 0.2) is 0 Å². The van der Waals surface area contributed by atoms with Crippen molar-refractivity contribution in [1.82, 2.24) is 0 Å². The largest absolute Gasteiger partial charge is 0.487 e. The molecule has 0 aliphatic carbocycles.